The smallest absolute Gasteiger partial charge is 0.475 e. The van der Waals surface area contributed by atoms with Crippen LogP contribution in [0.1, 0.15) is 32.3 Å². The first-order valence-electron chi connectivity index (χ1n) is 8.60. The van der Waals surface area contributed by atoms with Crippen molar-refractivity contribution < 1.29 is 32.3 Å². The van der Waals surface area contributed by atoms with E-state index in [4.69, 9.17) is 9.90 Å². The highest BCUT2D eigenvalue weighted by Crippen LogP contribution is 2.46. The van der Waals surface area contributed by atoms with Gasteiger partial charge in [-0.05, 0) is 49.7 Å². The molecule has 0 aromatic heterocycles. The van der Waals surface area contributed by atoms with Crippen LogP contribution in [0.15, 0.2) is 18.2 Å². The Bertz CT molecular complexity index is 713. The van der Waals surface area contributed by atoms with Gasteiger partial charge in [0.1, 0.15) is 5.82 Å². The molecule has 9 heteroatoms. The zero-order valence-electron chi connectivity index (χ0n) is 15.1. The number of nitrogens with one attached hydrogen (secondary N) is 1. The monoisotopic (exact) mass is 390 g/mol. The van der Waals surface area contributed by atoms with Crippen LogP contribution in [-0.4, -0.2) is 42.8 Å². The Hall–Kier alpha value is -2.16. The maximum Gasteiger partial charge on any atom is 0.490 e. The van der Waals surface area contributed by atoms with Crippen LogP contribution in [0.5, 0.6) is 0 Å². The topological polar surface area (TPSA) is 69.6 Å². The summed E-state index contributed by atoms with van der Waals surface area (Å²) in [5, 5.41) is 10.5. The number of fused-ring (bicyclic) bond motifs is 2. The second kappa shape index (κ2) is 7.84. The molecule has 1 aromatic carbocycles. The number of hydrogen-bond acceptors (Lipinski definition) is 3. The molecule has 2 heterocycles. The Balaban J connectivity index is 0.000000321. The summed E-state index contributed by atoms with van der Waals surface area (Å²) in [5.74, 6) is -2.87. The molecule has 0 saturated carbocycles. The summed E-state index contributed by atoms with van der Waals surface area (Å²) in [6.45, 7) is 6.39. The summed E-state index contributed by atoms with van der Waals surface area (Å²) < 4.78 is 45.4. The Morgan fingerprint density at radius 2 is 1.78 bits per heavy atom. The molecule has 0 bridgehead atoms. The van der Waals surface area contributed by atoms with Gasteiger partial charge in [-0.3, -0.25) is 4.79 Å². The van der Waals surface area contributed by atoms with Crippen LogP contribution in [0.4, 0.5) is 23.2 Å². The number of amides is 1. The number of carboxylic acid groups (broad SMARTS) is 1. The fraction of sp³-hybridized carbons (Fsp3) is 0.556. The quantitative estimate of drug-likeness (QED) is 0.723. The van der Waals surface area contributed by atoms with Crippen LogP contribution in [-0.2, 0) is 15.0 Å². The maximum atomic E-state index is 13.7. The minimum Gasteiger partial charge on any atom is -0.475 e. The Labute approximate surface area is 154 Å². The zero-order valence-corrected chi connectivity index (χ0v) is 15.1. The van der Waals surface area contributed by atoms with Gasteiger partial charge in [-0.25, -0.2) is 9.18 Å². The molecule has 2 aliphatic heterocycles. The van der Waals surface area contributed by atoms with Crippen molar-refractivity contribution in [2.75, 3.05) is 24.5 Å². The molecule has 0 unspecified atom stereocenters. The number of carbonyl (C=O) groups excluding carboxylic acids is 1. The minimum atomic E-state index is -5.08. The number of piperidine rings is 1. The Morgan fingerprint density at radius 1 is 1.22 bits per heavy atom. The third-order valence-corrected chi connectivity index (χ3v) is 4.84. The van der Waals surface area contributed by atoms with Gasteiger partial charge in [0.05, 0.1) is 0 Å². The van der Waals surface area contributed by atoms with Gasteiger partial charge in [-0.1, -0.05) is 13.8 Å². The number of alkyl halides is 3. The highest BCUT2D eigenvalue weighted by molar-refractivity contribution is 5.97. The molecule has 1 fully saturated rings. The summed E-state index contributed by atoms with van der Waals surface area (Å²) in [5.41, 5.74) is 1.87. The number of nitrogens with zero attached hydrogens (tertiary/aromatic N) is 1. The van der Waals surface area contributed by atoms with E-state index in [0.29, 0.717) is 6.54 Å². The molecule has 1 saturated heterocycles. The third-order valence-electron chi connectivity index (χ3n) is 4.84. The van der Waals surface area contributed by atoms with Gasteiger partial charge in [0.25, 0.3) is 0 Å². The molecule has 1 amide bonds. The molecule has 0 atom stereocenters. The lowest BCUT2D eigenvalue weighted by molar-refractivity contribution is -0.192. The Kier molecular flexibility index (Phi) is 6.14. The summed E-state index contributed by atoms with van der Waals surface area (Å²) in [6.07, 6.45) is -3.16. The number of carboxylic acids is 1. The minimum absolute atomic E-state index is 0.0373. The van der Waals surface area contributed by atoms with Gasteiger partial charge in [0.15, 0.2) is 0 Å². The summed E-state index contributed by atoms with van der Waals surface area (Å²) in [4.78, 5) is 23.2. The van der Waals surface area contributed by atoms with Crippen molar-refractivity contribution >= 4 is 17.6 Å². The largest absolute Gasteiger partial charge is 0.490 e. The zero-order chi connectivity index (χ0) is 20.4. The molecule has 150 valence electrons. The van der Waals surface area contributed by atoms with E-state index in [-0.39, 0.29) is 23.1 Å². The van der Waals surface area contributed by atoms with Gasteiger partial charge in [-0.2, -0.15) is 13.2 Å². The molecule has 27 heavy (non-hydrogen) atoms. The van der Waals surface area contributed by atoms with Crippen LogP contribution in [0, 0.1) is 11.7 Å². The molecular formula is C18H22F4N2O3. The maximum absolute atomic E-state index is 13.7. The van der Waals surface area contributed by atoms with Crippen molar-refractivity contribution in [3.05, 3.63) is 29.6 Å². The molecule has 2 aliphatic rings. The first-order valence-corrected chi connectivity index (χ1v) is 8.60. The van der Waals surface area contributed by atoms with Crippen LogP contribution in [0.2, 0.25) is 0 Å². The Morgan fingerprint density at radius 3 is 2.26 bits per heavy atom. The van der Waals surface area contributed by atoms with E-state index in [0.717, 1.165) is 37.2 Å². The number of carbonyl (C=O) groups is 2. The van der Waals surface area contributed by atoms with Gasteiger partial charge < -0.3 is 15.3 Å². The predicted octanol–water partition coefficient (Wildman–Crippen LogP) is 3.08. The van der Waals surface area contributed by atoms with Gasteiger partial charge >= 0.3 is 12.1 Å². The second-order valence-corrected chi connectivity index (χ2v) is 7.07. The van der Waals surface area contributed by atoms with Crippen molar-refractivity contribution in [3.8, 4) is 0 Å². The molecule has 5 nitrogen and oxygen atoms in total. The molecule has 2 N–H and O–H groups in total. The highest BCUT2D eigenvalue weighted by atomic mass is 19.4. The van der Waals surface area contributed by atoms with Gasteiger partial charge in [0, 0.05) is 23.6 Å². The lowest BCUT2D eigenvalue weighted by Gasteiger charge is -2.34. The van der Waals surface area contributed by atoms with Crippen LogP contribution >= 0.6 is 0 Å². The standard InChI is InChI=1S/C16H21FN2O.C2HF3O2/c1-11(2)15(20)19-10-16(5-7-18-8-6-16)13-9-12(17)3-4-14(13)19;3-2(4,5)1(6)7/h3-4,9,11,18H,5-8,10H2,1-2H3;(H,6,7). The number of aliphatic carboxylic acids is 1. The van der Waals surface area contributed by atoms with E-state index >= 15 is 0 Å². The molecule has 1 aromatic rings. The van der Waals surface area contributed by atoms with Crippen molar-refractivity contribution in [3.63, 3.8) is 0 Å². The van der Waals surface area contributed by atoms with E-state index in [1.807, 2.05) is 18.7 Å². The van der Waals surface area contributed by atoms with Crippen molar-refractivity contribution in [2.45, 2.75) is 38.3 Å². The van der Waals surface area contributed by atoms with Gasteiger partial charge in [-0.15, -0.1) is 0 Å². The molecular weight excluding hydrogens is 368 g/mol. The summed E-state index contributed by atoms with van der Waals surface area (Å²) in [6, 6.07) is 4.86. The lowest BCUT2D eigenvalue weighted by atomic mass is 9.75. The average Bonchev–Trinajstić information content (AvgIpc) is 2.88. The van der Waals surface area contributed by atoms with E-state index in [2.05, 4.69) is 5.32 Å². The fourth-order valence-corrected chi connectivity index (χ4v) is 3.48. The van der Waals surface area contributed by atoms with Crippen LogP contribution < -0.4 is 10.2 Å². The number of rotatable bonds is 1. The number of hydrogen-bond donors (Lipinski definition) is 2. The first-order chi connectivity index (χ1) is 12.5. The van der Waals surface area contributed by atoms with E-state index in [9.17, 15) is 22.4 Å². The number of benzene rings is 1. The second-order valence-electron chi connectivity index (χ2n) is 7.07. The molecule has 1 spiro atoms. The van der Waals surface area contributed by atoms with Crippen molar-refractivity contribution in [1.29, 1.82) is 0 Å². The van der Waals surface area contributed by atoms with Gasteiger partial charge in [0.2, 0.25) is 5.91 Å². The lowest BCUT2D eigenvalue weighted by Crippen LogP contribution is -2.45. The first kappa shape index (κ1) is 21.1. The highest BCUT2D eigenvalue weighted by Gasteiger charge is 2.45. The number of halogens is 4. The van der Waals surface area contributed by atoms with Crippen molar-refractivity contribution in [1.82, 2.24) is 5.32 Å². The summed E-state index contributed by atoms with van der Waals surface area (Å²) >= 11 is 0. The predicted molar refractivity (Wildman–Crippen MR) is 91.1 cm³/mol. The average molecular weight is 390 g/mol. The van der Waals surface area contributed by atoms with Crippen LogP contribution in [0.3, 0.4) is 0 Å². The van der Waals surface area contributed by atoms with E-state index in [1.54, 1.807) is 12.1 Å². The molecule has 3 rings (SSSR count). The SMILES string of the molecule is CC(C)C(=O)N1CC2(CCNCC2)c2cc(F)ccc21.O=C(O)C(F)(F)F. The fourth-order valence-electron chi connectivity index (χ4n) is 3.48. The normalized spacial score (nSPS) is 18.1. The third kappa shape index (κ3) is 4.58. The molecule has 0 radical (unpaired) electrons. The van der Waals surface area contributed by atoms with Crippen molar-refractivity contribution in [2.24, 2.45) is 5.92 Å². The summed E-state index contributed by atoms with van der Waals surface area (Å²) in [7, 11) is 0. The molecule has 0 aliphatic carbocycles. The van der Waals surface area contributed by atoms with Crippen LogP contribution in [0.25, 0.3) is 0 Å². The number of anilines is 1. The van der Waals surface area contributed by atoms with E-state index in [1.165, 1.54) is 6.07 Å². The van der Waals surface area contributed by atoms with E-state index < -0.39 is 12.1 Å².